The molecule has 4 heteroatoms. The number of aromatic nitrogens is 3. The summed E-state index contributed by atoms with van der Waals surface area (Å²) in [5.74, 6) is 0. The molecular formula is C14H12N4. The fraction of sp³-hybridized carbons (Fsp3) is 0.0714. The third kappa shape index (κ3) is 1.94. The van der Waals surface area contributed by atoms with Gasteiger partial charge in [-0.2, -0.15) is 0 Å². The van der Waals surface area contributed by atoms with Gasteiger partial charge in [0.25, 0.3) is 0 Å². The molecule has 1 aromatic carbocycles. The number of fused-ring (bicyclic) bond motifs is 1. The molecule has 0 aliphatic rings. The van der Waals surface area contributed by atoms with Crippen molar-refractivity contribution in [2.45, 2.75) is 6.04 Å². The number of hydrogen-bond acceptors (Lipinski definition) is 4. The predicted molar refractivity (Wildman–Crippen MR) is 69.8 cm³/mol. The number of nitrogens with zero attached hydrogens (tertiary/aromatic N) is 3. The third-order valence-electron chi connectivity index (χ3n) is 2.87. The van der Waals surface area contributed by atoms with Gasteiger partial charge < -0.3 is 5.73 Å². The van der Waals surface area contributed by atoms with E-state index in [-0.39, 0.29) is 6.04 Å². The Morgan fingerprint density at radius 2 is 1.89 bits per heavy atom. The van der Waals surface area contributed by atoms with Gasteiger partial charge in [-0.25, -0.2) is 0 Å². The summed E-state index contributed by atoms with van der Waals surface area (Å²) in [5.41, 5.74) is 8.81. The van der Waals surface area contributed by atoms with Gasteiger partial charge in [-0.1, -0.05) is 18.2 Å². The van der Waals surface area contributed by atoms with Gasteiger partial charge in [-0.15, -0.1) is 0 Å². The Balaban J connectivity index is 2.04. The zero-order chi connectivity index (χ0) is 12.4. The summed E-state index contributed by atoms with van der Waals surface area (Å²) in [5, 5.41) is 1.08. The van der Waals surface area contributed by atoms with Crippen molar-refractivity contribution in [3.05, 3.63) is 66.4 Å². The van der Waals surface area contributed by atoms with Crippen molar-refractivity contribution in [1.29, 1.82) is 0 Å². The van der Waals surface area contributed by atoms with Gasteiger partial charge in [0, 0.05) is 24.0 Å². The molecule has 0 saturated heterocycles. The Kier molecular flexibility index (Phi) is 2.70. The van der Waals surface area contributed by atoms with E-state index in [2.05, 4.69) is 15.0 Å². The molecule has 88 valence electrons. The van der Waals surface area contributed by atoms with Crippen LogP contribution in [0.5, 0.6) is 0 Å². The molecule has 0 unspecified atom stereocenters. The molecule has 0 aliphatic carbocycles. The van der Waals surface area contributed by atoms with Gasteiger partial charge in [-0.05, 0) is 17.7 Å². The van der Waals surface area contributed by atoms with Crippen molar-refractivity contribution in [3.8, 4) is 0 Å². The summed E-state index contributed by atoms with van der Waals surface area (Å²) >= 11 is 0. The largest absolute Gasteiger partial charge is 0.319 e. The number of pyridine rings is 1. The van der Waals surface area contributed by atoms with Gasteiger partial charge in [0.05, 0.1) is 23.4 Å². The van der Waals surface area contributed by atoms with Gasteiger partial charge in [0.15, 0.2) is 0 Å². The molecule has 0 fully saturated rings. The summed E-state index contributed by atoms with van der Waals surface area (Å²) < 4.78 is 0. The van der Waals surface area contributed by atoms with E-state index in [9.17, 15) is 0 Å². The molecule has 0 aliphatic heterocycles. The molecule has 0 radical (unpaired) electrons. The Labute approximate surface area is 105 Å². The van der Waals surface area contributed by atoms with Crippen LogP contribution in [0.1, 0.15) is 17.3 Å². The van der Waals surface area contributed by atoms with Gasteiger partial charge in [0.1, 0.15) is 0 Å². The van der Waals surface area contributed by atoms with E-state index in [0.29, 0.717) is 0 Å². The minimum Gasteiger partial charge on any atom is -0.319 e. The van der Waals surface area contributed by atoms with Crippen molar-refractivity contribution in [2.24, 2.45) is 5.73 Å². The molecule has 1 atom stereocenters. The van der Waals surface area contributed by atoms with Crippen LogP contribution in [-0.4, -0.2) is 15.0 Å². The molecule has 0 bridgehead atoms. The van der Waals surface area contributed by atoms with Crippen molar-refractivity contribution >= 4 is 10.9 Å². The topological polar surface area (TPSA) is 64.7 Å². The first-order chi connectivity index (χ1) is 8.84. The molecule has 0 saturated carbocycles. The Hall–Kier alpha value is -2.33. The molecule has 2 heterocycles. The highest BCUT2D eigenvalue weighted by molar-refractivity contribution is 5.78. The standard InChI is InChI=1S/C14H12N4/c15-14(13-9-16-5-6-17-13)11-7-10-3-1-2-4-12(10)18-8-11/h1-9,14H,15H2/t14-/m1/s1. The van der Waals surface area contributed by atoms with Crippen LogP contribution in [-0.2, 0) is 0 Å². The predicted octanol–water partition coefficient (Wildman–Crippen LogP) is 2.07. The monoisotopic (exact) mass is 236 g/mol. The molecule has 0 amide bonds. The number of hydrogen-bond donors (Lipinski definition) is 1. The zero-order valence-electron chi connectivity index (χ0n) is 9.69. The van der Waals surface area contributed by atoms with E-state index < -0.39 is 0 Å². The third-order valence-corrected chi connectivity index (χ3v) is 2.87. The molecule has 4 nitrogen and oxygen atoms in total. The quantitative estimate of drug-likeness (QED) is 0.739. The number of benzene rings is 1. The van der Waals surface area contributed by atoms with Crippen LogP contribution in [0.2, 0.25) is 0 Å². The fourth-order valence-electron chi connectivity index (χ4n) is 1.90. The molecule has 0 spiro atoms. The molecule has 2 N–H and O–H groups in total. The summed E-state index contributed by atoms with van der Waals surface area (Å²) in [6, 6.07) is 9.71. The minimum atomic E-state index is -0.296. The summed E-state index contributed by atoms with van der Waals surface area (Å²) in [6.07, 6.45) is 6.75. The first-order valence-corrected chi connectivity index (χ1v) is 5.71. The van der Waals surface area contributed by atoms with Crippen LogP contribution in [0.15, 0.2) is 55.1 Å². The smallest absolute Gasteiger partial charge is 0.0799 e. The number of nitrogens with two attached hydrogens (primary N) is 1. The van der Waals surface area contributed by atoms with Crippen LogP contribution in [0, 0.1) is 0 Å². The van der Waals surface area contributed by atoms with Crippen LogP contribution >= 0.6 is 0 Å². The zero-order valence-corrected chi connectivity index (χ0v) is 9.69. The van der Waals surface area contributed by atoms with Crippen LogP contribution in [0.3, 0.4) is 0 Å². The highest BCUT2D eigenvalue weighted by atomic mass is 14.8. The van der Waals surface area contributed by atoms with Crippen LogP contribution in [0.25, 0.3) is 10.9 Å². The average Bonchev–Trinajstić information content (AvgIpc) is 2.47. The number of para-hydroxylation sites is 1. The van der Waals surface area contributed by atoms with E-state index in [4.69, 9.17) is 5.73 Å². The first kappa shape index (κ1) is 10.8. The average molecular weight is 236 g/mol. The van der Waals surface area contributed by atoms with Crippen molar-refractivity contribution in [1.82, 2.24) is 15.0 Å². The van der Waals surface area contributed by atoms with E-state index in [1.807, 2.05) is 30.3 Å². The molecule has 2 aromatic heterocycles. The van der Waals surface area contributed by atoms with Gasteiger partial charge in [0.2, 0.25) is 0 Å². The summed E-state index contributed by atoms with van der Waals surface area (Å²) in [7, 11) is 0. The minimum absolute atomic E-state index is 0.296. The maximum absolute atomic E-state index is 6.16. The lowest BCUT2D eigenvalue weighted by Gasteiger charge is -2.11. The maximum Gasteiger partial charge on any atom is 0.0799 e. The van der Waals surface area contributed by atoms with E-state index >= 15 is 0 Å². The van der Waals surface area contributed by atoms with Crippen LogP contribution < -0.4 is 5.73 Å². The lowest BCUT2D eigenvalue weighted by molar-refractivity contribution is 0.815. The summed E-state index contributed by atoms with van der Waals surface area (Å²) in [4.78, 5) is 12.7. The van der Waals surface area contributed by atoms with Crippen molar-refractivity contribution in [2.75, 3.05) is 0 Å². The van der Waals surface area contributed by atoms with E-state index in [1.165, 1.54) is 0 Å². The lowest BCUT2D eigenvalue weighted by atomic mass is 10.0. The van der Waals surface area contributed by atoms with Crippen molar-refractivity contribution in [3.63, 3.8) is 0 Å². The second-order valence-electron chi connectivity index (χ2n) is 4.07. The van der Waals surface area contributed by atoms with E-state index in [1.54, 1.807) is 24.8 Å². The Bertz CT molecular complexity index is 667. The van der Waals surface area contributed by atoms with E-state index in [0.717, 1.165) is 22.2 Å². The van der Waals surface area contributed by atoms with Gasteiger partial charge >= 0.3 is 0 Å². The van der Waals surface area contributed by atoms with Crippen molar-refractivity contribution < 1.29 is 0 Å². The maximum atomic E-state index is 6.16. The normalized spacial score (nSPS) is 12.5. The number of rotatable bonds is 2. The second-order valence-corrected chi connectivity index (χ2v) is 4.07. The van der Waals surface area contributed by atoms with Crippen LogP contribution in [0.4, 0.5) is 0 Å². The Morgan fingerprint density at radius 3 is 2.72 bits per heavy atom. The van der Waals surface area contributed by atoms with Gasteiger partial charge in [-0.3, -0.25) is 15.0 Å². The highest BCUT2D eigenvalue weighted by Crippen LogP contribution is 2.20. The molecular weight excluding hydrogens is 224 g/mol. The fourth-order valence-corrected chi connectivity index (χ4v) is 1.90. The summed E-state index contributed by atoms with van der Waals surface area (Å²) in [6.45, 7) is 0. The molecule has 3 aromatic rings. The molecule has 18 heavy (non-hydrogen) atoms. The lowest BCUT2D eigenvalue weighted by Crippen LogP contribution is -2.13. The Morgan fingerprint density at radius 1 is 1.00 bits per heavy atom. The SMILES string of the molecule is N[C@H](c1cnc2ccccc2c1)c1cnccn1. The second kappa shape index (κ2) is 4.50. The first-order valence-electron chi connectivity index (χ1n) is 5.71. The molecule has 3 rings (SSSR count). The highest BCUT2D eigenvalue weighted by Gasteiger charge is 2.11.